The van der Waals surface area contributed by atoms with Crippen LogP contribution in [-0.2, 0) is 0 Å². The summed E-state index contributed by atoms with van der Waals surface area (Å²) >= 11 is 0. The largest absolute Gasteiger partial charge is 0.493 e. The Kier molecular flexibility index (Phi) is 6.07. The summed E-state index contributed by atoms with van der Waals surface area (Å²) in [4.78, 5) is 12.1. The van der Waals surface area contributed by atoms with Crippen molar-refractivity contribution in [3.63, 3.8) is 0 Å². The number of benzene rings is 1. The molecule has 1 aliphatic rings. The molecule has 0 radical (unpaired) electrons. The molecule has 0 heterocycles. The topological polar surface area (TPSA) is 73.6 Å². The van der Waals surface area contributed by atoms with Crippen molar-refractivity contribution in [3.05, 3.63) is 23.8 Å². The van der Waals surface area contributed by atoms with Crippen LogP contribution < -0.4 is 20.5 Å². The standard InChI is InChI=1S/C17H26N2O3/c1-12(10-18)11-19-17(20)13-7-8-15(16(9-13)21-2)22-14-5-3-4-6-14/h7-9,12,14H,3-6,10-11,18H2,1-2H3,(H,19,20). The minimum absolute atomic E-state index is 0.119. The Morgan fingerprint density at radius 1 is 1.36 bits per heavy atom. The lowest BCUT2D eigenvalue weighted by molar-refractivity contribution is 0.0948. The molecular formula is C17H26N2O3. The number of carbonyl (C=O) groups excluding carboxylic acids is 1. The van der Waals surface area contributed by atoms with Crippen LogP contribution in [-0.4, -0.2) is 32.2 Å². The van der Waals surface area contributed by atoms with E-state index < -0.39 is 0 Å². The summed E-state index contributed by atoms with van der Waals surface area (Å²) in [5, 5.41) is 2.88. The fourth-order valence-corrected chi connectivity index (χ4v) is 2.54. The number of hydrogen-bond acceptors (Lipinski definition) is 4. The molecule has 3 N–H and O–H groups in total. The summed E-state index contributed by atoms with van der Waals surface area (Å²) in [7, 11) is 1.59. The second-order valence-electron chi connectivity index (χ2n) is 5.94. The maximum Gasteiger partial charge on any atom is 0.251 e. The van der Waals surface area contributed by atoms with Crippen LogP contribution in [0.1, 0.15) is 43.0 Å². The molecule has 1 fully saturated rings. The van der Waals surface area contributed by atoms with Crippen LogP contribution in [0.2, 0.25) is 0 Å². The molecular weight excluding hydrogens is 280 g/mol. The van der Waals surface area contributed by atoms with Crippen molar-refractivity contribution >= 4 is 5.91 Å². The number of amides is 1. The predicted octanol–water partition coefficient (Wildman–Crippen LogP) is 2.34. The smallest absolute Gasteiger partial charge is 0.251 e. The van der Waals surface area contributed by atoms with Crippen LogP contribution in [0.3, 0.4) is 0 Å². The summed E-state index contributed by atoms with van der Waals surface area (Å²) in [5.41, 5.74) is 6.12. The van der Waals surface area contributed by atoms with Gasteiger partial charge in [-0.05, 0) is 56.3 Å². The zero-order valence-corrected chi connectivity index (χ0v) is 13.4. The molecule has 0 spiro atoms. The highest BCUT2D eigenvalue weighted by Gasteiger charge is 2.19. The summed E-state index contributed by atoms with van der Waals surface area (Å²) in [6, 6.07) is 5.32. The van der Waals surface area contributed by atoms with E-state index in [-0.39, 0.29) is 17.9 Å². The first-order valence-electron chi connectivity index (χ1n) is 7.97. The molecule has 1 aliphatic carbocycles. The second kappa shape index (κ2) is 8.03. The van der Waals surface area contributed by atoms with Crippen LogP contribution in [0, 0.1) is 5.92 Å². The van der Waals surface area contributed by atoms with E-state index >= 15 is 0 Å². The number of rotatable bonds is 7. The number of ether oxygens (including phenoxy) is 2. The molecule has 1 aromatic rings. The Morgan fingerprint density at radius 2 is 2.09 bits per heavy atom. The van der Waals surface area contributed by atoms with E-state index in [1.54, 1.807) is 19.2 Å². The van der Waals surface area contributed by atoms with E-state index in [4.69, 9.17) is 15.2 Å². The van der Waals surface area contributed by atoms with Gasteiger partial charge in [0.1, 0.15) is 0 Å². The highest BCUT2D eigenvalue weighted by Crippen LogP contribution is 2.32. The Bertz CT molecular complexity index is 499. The highest BCUT2D eigenvalue weighted by atomic mass is 16.5. The van der Waals surface area contributed by atoms with Gasteiger partial charge in [0, 0.05) is 12.1 Å². The Labute approximate surface area is 132 Å². The first-order chi connectivity index (χ1) is 10.6. The van der Waals surface area contributed by atoms with Gasteiger partial charge in [0.05, 0.1) is 13.2 Å². The Balaban J connectivity index is 2.02. The lowest BCUT2D eigenvalue weighted by Gasteiger charge is -2.17. The maximum absolute atomic E-state index is 12.1. The molecule has 22 heavy (non-hydrogen) atoms. The van der Waals surface area contributed by atoms with Crippen molar-refractivity contribution in [1.29, 1.82) is 0 Å². The van der Waals surface area contributed by atoms with Gasteiger partial charge in [-0.2, -0.15) is 0 Å². The van der Waals surface area contributed by atoms with Crippen molar-refractivity contribution in [2.75, 3.05) is 20.2 Å². The molecule has 1 aromatic carbocycles. The van der Waals surface area contributed by atoms with Gasteiger partial charge in [-0.15, -0.1) is 0 Å². The number of carbonyl (C=O) groups is 1. The molecule has 122 valence electrons. The zero-order chi connectivity index (χ0) is 15.9. The van der Waals surface area contributed by atoms with Gasteiger partial charge in [0.2, 0.25) is 0 Å². The average molecular weight is 306 g/mol. The molecule has 1 amide bonds. The lowest BCUT2D eigenvalue weighted by Crippen LogP contribution is -2.31. The summed E-state index contributed by atoms with van der Waals surface area (Å²) in [6.45, 7) is 3.12. The van der Waals surface area contributed by atoms with Crippen LogP contribution >= 0.6 is 0 Å². The molecule has 1 unspecified atom stereocenters. The van der Waals surface area contributed by atoms with Crippen LogP contribution in [0.25, 0.3) is 0 Å². The highest BCUT2D eigenvalue weighted by molar-refractivity contribution is 5.94. The fourth-order valence-electron chi connectivity index (χ4n) is 2.54. The third kappa shape index (κ3) is 4.37. The van der Waals surface area contributed by atoms with Crippen molar-refractivity contribution in [2.45, 2.75) is 38.7 Å². The third-order valence-corrected chi connectivity index (χ3v) is 4.04. The fraction of sp³-hybridized carbons (Fsp3) is 0.588. The SMILES string of the molecule is COc1cc(C(=O)NCC(C)CN)ccc1OC1CCCC1. The summed E-state index contributed by atoms with van der Waals surface area (Å²) in [5.74, 6) is 1.45. The molecule has 5 heteroatoms. The monoisotopic (exact) mass is 306 g/mol. The van der Waals surface area contributed by atoms with Crippen molar-refractivity contribution in [2.24, 2.45) is 11.7 Å². The Morgan fingerprint density at radius 3 is 2.73 bits per heavy atom. The molecule has 5 nitrogen and oxygen atoms in total. The van der Waals surface area contributed by atoms with Gasteiger partial charge < -0.3 is 20.5 Å². The van der Waals surface area contributed by atoms with Crippen molar-refractivity contribution in [1.82, 2.24) is 5.32 Å². The van der Waals surface area contributed by atoms with Gasteiger partial charge in [0.25, 0.3) is 5.91 Å². The molecule has 1 saturated carbocycles. The van der Waals surface area contributed by atoms with Crippen LogP contribution in [0.4, 0.5) is 0 Å². The van der Waals surface area contributed by atoms with E-state index in [0.29, 0.717) is 30.2 Å². The van der Waals surface area contributed by atoms with E-state index in [1.165, 1.54) is 12.8 Å². The number of nitrogens with one attached hydrogen (secondary N) is 1. The van der Waals surface area contributed by atoms with E-state index in [2.05, 4.69) is 5.32 Å². The zero-order valence-electron chi connectivity index (χ0n) is 13.4. The maximum atomic E-state index is 12.1. The molecule has 0 saturated heterocycles. The average Bonchev–Trinajstić information content (AvgIpc) is 3.05. The third-order valence-electron chi connectivity index (χ3n) is 4.04. The minimum atomic E-state index is -0.119. The summed E-state index contributed by atoms with van der Waals surface area (Å²) < 4.78 is 11.3. The van der Waals surface area contributed by atoms with E-state index in [9.17, 15) is 4.79 Å². The molecule has 0 aromatic heterocycles. The van der Waals surface area contributed by atoms with Gasteiger partial charge in [-0.1, -0.05) is 6.92 Å². The summed E-state index contributed by atoms with van der Waals surface area (Å²) in [6.07, 6.45) is 4.86. The first kappa shape index (κ1) is 16.6. The first-order valence-corrected chi connectivity index (χ1v) is 7.97. The van der Waals surface area contributed by atoms with E-state index in [0.717, 1.165) is 12.8 Å². The van der Waals surface area contributed by atoms with Gasteiger partial charge >= 0.3 is 0 Å². The van der Waals surface area contributed by atoms with Gasteiger partial charge in [0.15, 0.2) is 11.5 Å². The normalized spacial score (nSPS) is 16.3. The lowest BCUT2D eigenvalue weighted by atomic mass is 10.1. The van der Waals surface area contributed by atoms with Gasteiger partial charge in [-0.25, -0.2) is 0 Å². The second-order valence-corrected chi connectivity index (χ2v) is 5.94. The van der Waals surface area contributed by atoms with Crippen molar-refractivity contribution in [3.8, 4) is 11.5 Å². The quantitative estimate of drug-likeness (QED) is 0.811. The van der Waals surface area contributed by atoms with Crippen LogP contribution in [0.5, 0.6) is 11.5 Å². The molecule has 1 atom stereocenters. The molecule has 0 bridgehead atoms. The van der Waals surface area contributed by atoms with E-state index in [1.807, 2.05) is 13.0 Å². The van der Waals surface area contributed by atoms with Crippen molar-refractivity contribution < 1.29 is 14.3 Å². The van der Waals surface area contributed by atoms with Gasteiger partial charge in [-0.3, -0.25) is 4.79 Å². The molecule has 2 rings (SSSR count). The molecule has 0 aliphatic heterocycles. The minimum Gasteiger partial charge on any atom is -0.493 e. The Hall–Kier alpha value is -1.75. The number of nitrogens with two attached hydrogens (primary N) is 1. The number of methoxy groups -OCH3 is 1. The predicted molar refractivity (Wildman–Crippen MR) is 86.4 cm³/mol. The number of hydrogen-bond donors (Lipinski definition) is 2. The van der Waals surface area contributed by atoms with Crippen LogP contribution in [0.15, 0.2) is 18.2 Å².